The lowest BCUT2D eigenvalue weighted by Crippen LogP contribution is -2.28. The second-order valence-corrected chi connectivity index (χ2v) is 10.3. The average Bonchev–Trinajstić information content (AvgIpc) is 3.27. The summed E-state index contributed by atoms with van der Waals surface area (Å²) in [6, 6.07) is 24.7. The highest BCUT2D eigenvalue weighted by Gasteiger charge is 2.12. The molecule has 0 bridgehead atoms. The third-order valence-electron chi connectivity index (χ3n) is 5.80. The summed E-state index contributed by atoms with van der Waals surface area (Å²) in [6.07, 6.45) is 2.70. The predicted octanol–water partition coefficient (Wildman–Crippen LogP) is 7.75. The number of nitrogens with zero attached hydrogens (tertiary/aromatic N) is 3. The van der Waals surface area contributed by atoms with E-state index in [1.165, 1.54) is 10.4 Å². The number of hydrogen-bond donors (Lipinski definition) is 0. The Labute approximate surface area is 227 Å². The zero-order valence-electron chi connectivity index (χ0n) is 20.5. The molecule has 7 heteroatoms. The van der Waals surface area contributed by atoms with Crippen LogP contribution in [0.5, 0.6) is 5.75 Å². The summed E-state index contributed by atoms with van der Waals surface area (Å²) < 4.78 is 5.63. The summed E-state index contributed by atoms with van der Waals surface area (Å²) in [5.41, 5.74) is 6.23. The summed E-state index contributed by atoms with van der Waals surface area (Å²) in [7, 11) is 1.67. The van der Waals surface area contributed by atoms with Crippen LogP contribution in [0.15, 0.2) is 77.8 Å². The average molecular weight is 539 g/mol. The number of methoxy groups -OCH3 is 1. The number of aryl methyl sites for hydroxylation is 1. The third-order valence-corrected chi connectivity index (χ3v) is 7.10. The van der Waals surface area contributed by atoms with Crippen molar-refractivity contribution in [1.29, 1.82) is 0 Å². The molecule has 1 aromatic heterocycles. The van der Waals surface area contributed by atoms with E-state index in [-0.39, 0.29) is 0 Å². The highest BCUT2D eigenvalue weighted by Crippen LogP contribution is 2.31. The van der Waals surface area contributed by atoms with Gasteiger partial charge in [0.25, 0.3) is 0 Å². The van der Waals surface area contributed by atoms with E-state index in [9.17, 15) is 0 Å². The molecule has 0 amide bonds. The number of aromatic nitrogens is 1. The summed E-state index contributed by atoms with van der Waals surface area (Å²) in [4.78, 5) is 12.9. The van der Waals surface area contributed by atoms with Crippen molar-refractivity contribution in [3.05, 3.63) is 93.8 Å². The van der Waals surface area contributed by atoms with Gasteiger partial charge in [0.2, 0.25) is 0 Å². The molecule has 0 radical (unpaired) electrons. The van der Waals surface area contributed by atoms with E-state index in [4.69, 9.17) is 32.9 Å². The number of aliphatic imine (C=N–C) groups is 1. The van der Waals surface area contributed by atoms with Crippen LogP contribution >= 0.6 is 34.5 Å². The van der Waals surface area contributed by atoms with Crippen molar-refractivity contribution in [3.63, 3.8) is 0 Å². The molecule has 0 aliphatic heterocycles. The molecule has 0 unspecified atom stereocenters. The molecule has 0 saturated carbocycles. The van der Waals surface area contributed by atoms with Crippen LogP contribution in [0.2, 0.25) is 0 Å². The Hall–Kier alpha value is -2.86. The van der Waals surface area contributed by atoms with E-state index in [1.54, 1.807) is 18.4 Å². The molecule has 36 heavy (non-hydrogen) atoms. The molecule has 0 aliphatic carbocycles. The summed E-state index contributed by atoms with van der Waals surface area (Å²) in [6.45, 7) is 3.54. The second kappa shape index (κ2) is 12.9. The van der Waals surface area contributed by atoms with Gasteiger partial charge in [-0.1, -0.05) is 48.5 Å². The molecule has 0 aliphatic rings. The molecule has 0 fully saturated rings. The van der Waals surface area contributed by atoms with Gasteiger partial charge in [-0.05, 0) is 42.3 Å². The molecule has 0 saturated heterocycles. The quantitative estimate of drug-likeness (QED) is 0.145. The summed E-state index contributed by atoms with van der Waals surface area (Å²) in [5.74, 6) is 1.82. The Morgan fingerprint density at radius 3 is 2.36 bits per heavy atom. The first-order valence-corrected chi connectivity index (χ1v) is 13.7. The fraction of sp³-hybridized carbons (Fsp3) is 0.241. The minimum atomic E-state index is 0.522. The fourth-order valence-electron chi connectivity index (χ4n) is 4.01. The minimum Gasteiger partial charge on any atom is -0.495 e. The number of ether oxygens (including phenoxy) is 1. The number of rotatable bonds is 11. The smallest absolute Gasteiger partial charge is 0.142 e. The van der Waals surface area contributed by atoms with Gasteiger partial charge in [-0.25, -0.2) is 4.98 Å². The fourth-order valence-corrected chi connectivity index (χ4v) is 5.41. The largest absolute Gasteiger partial charge is 0.495 e. The van der Waals surface area contributed by atoms with Crippen LogP contribution < -0.4 is 9.64 Å². The monoisotopic (exact) mass is 537 g/mol. The van der Waals surface area contributed by atoms with E-state index in [0.29, 0.717) is 24.8 Å². The molecule has 186 valence electrons. The van der Waals surface area contributed by atoms with E-state index in [2.05, 4.69) is 53.2 Å². The SMILES string of the molecule is COc1cc(C=Nc2ccc(-c3nc(Cc4ccccc4)sc3C)cc2)ccc1N(CCCl)CCCl. The van der Waals surface area contributed by atoms with Crippen molar-refractivity contribution in [2.24, 2.45) is 4.99 Å². The van der Waals surface area contributed by atoms with Crippen molar-refractivity contribution in [3.8, 4) is 17.0 Å². The molecule has 0 spiro atoms. The molecule has 0 N–H and O–H groups in total. The van der Waals surface area contributed by atoms with Gasteiger partial charge in [-0.3, -0.25) is 4.99 Å². The second-order valence-electron chi connectivity index (χ2n) is 8.28. The first-order valence-electron chi connectivity index (χ1n) is 11.8. The number of halogens is 2. The Bertz CT molecular complexity index is 1280. The number of alkyl halides is 2. The van der Waals surface area contributed by atoms with Crippen LogP contribution in [0.3, 0.4) is 0 Å². The lowest BCUT2D eigenvalue weighted by Gasteiger charge is -2.25. The Balaban J connectivity index is 1.47. The highest BCUT2D eigenvalue weighted by molar-refractivity contribution is 7.12. The van der Waals surface area contributed by atoms with Crippen molar-refractivity contribution in [1.82, 2.24) is 4.98 Å². The van der Waals surface area contributed by atoms with Crippen LogP contribution in [-0.4, -0.2) is 43.2 Å². The normalized spacial score (nSPS) is 11.2. The molecular formula is C29H29Cl2N3OS. The topological polar surface area (TPSA) is 37.7 Å². The van der Waals surface area contributed by atoms with Gasteiger partial charge in [0, 0.05) is 47.9 Å². The molecule has 1 heterocycles. The number of anilines is 1. The molecule has 0 atom stereocenters. The summed E-state index contributed by atoms with van der Waals surface area (Å²) in [5, 5.41) is 1.13. The summed E-state index contributed by atoms with van der Waals surface area (Å²) >= 11 is 13.7. The molecule has 4 aromatic rings. The van der Waals surface area contributed by atoms with Gasteiger partial charge in [0.15, 0.2) is 0 Å². The standard InChI is InChI=1S/C29H29Cl2N3OS/c1-21-29(33-28(36-21)19-22-6-4-3-5-7-22)24-9-11-25(12-10-24)32-20-23-8-13-26(27(18-23)35-2)34(16-14-30)17-15-31/h3-13,18,20H,14-17,19H2,1-2H3. The maximum absolute atomic E-state index is 5.97. The lowest BCUT2D eigenvalue weighted by atomic mass is 10.1. The highest BCUT2D eigenvalue weighted by atomic mass is 35.5. The zero-order chi connectivity index (χ0) is 25.3. The zero-order valence-corrected chi connectivity index (χ0v) is 22.8. The molecule has 4 nitrogen and oxygen atoms in total. The van der Waals surface area contributed by atoms with Crippen molar-refractivity contribution >= 4 is 52.1 Å². The van der Waals surface area contributed by atoms with Crippen LogP contribution in [-0.2, 0) is 6.42 Å². The van der Waals surface area contributed by atoms with Crippen LogP contribution in [0.25, 0.3) is 11.3 Å². The van der Waals surface area contributed by atoms with Gasteiger partial charge in [-0.2, -0.15) is 0 Å². The van der Waals surface area contributed by atoms with Gasteiger partial charge in [0.1, 0.15) is 5.75 Å². The molecule has 4 rings (SSSR count). The van der Waals surface area contributed by atoms with E-state index < -0.39 is 0 Å². The molecular weight excluding hydrogens is 509 g/mol. The van der Waals surface area contributed by atoms with Crippen molar-refractivity contribution in [2.45, 2.75) is 13.3 Å². The van der Waals surface area contributed by atoms with Crippen LogP contribution in [0.1, 0.15) is 21.0 Å². The minimum absolute atomic E-state index is 0.522. The lowest BCUT2D eigenvalue weighted by molar-refractivity contribution is 0.414. The maximum atomic E-state index is 5.97. The van der Waals surface area contributed by atoms with Crippen LogP contribution in [0, 0.1) is 6.92 Å². The maximum Gasteiger partial charge on any atom is 0.142 e. The van der Waals surface area contributed by atoms with Gasteiger partial charge >= 0.3 is 0 Å². The van der Waals surface area contributed by atoms with Gasteiger partial charge < -0.3 is 9.64 Å². The first-order chi connectivity index (χ1) is 17.6. The number of benzene rings is 3. The van der Waals surface area contributed by atoms with Crippen molar-refractivity contribution in [2.75, 3.05) is 36.9 Å². The van der Waals surface area contributed by atoms with Crippen molar-refractivity contribution < 1.29 is 4.74 Å². The van der Waals surface area contributed by atoms with E-state index in [1.807, 2.05) is 42.6 Å². The third kappa shape index (κ3) is 6.67. The predicted molar refractivity (Wildman–Crippen MR) is 155 cm³/mol. The van der Waals surface area contributed by atoms with E-state index in [0.717, 1.165) is 45.4 Å². The van der Waals surface area contributed by atoms with Gasteiger partial charge in [0.05, 0.1) is 29.2 Å². The Morgan fingerprint density at radius 1 is 0.972 bits per heavy atom. The number of hydrogen-bond acceptors (Lipinski definition) is 5. The van der Waals surface area contributed by atoms with Gasteiger partial charge in [-0.15, -0.1) is 34.5 Å². The first kappa shape index (κ1) is 26.2. The Kier molecular flexibility index (Phi) is 9.40. The van der Waals surface area contributed by atoms with Crippen LogP contribution in [0.4, 0.5) is 11.4 Å². The van der Waals surface area contributed by atoms with E-state index >= 15 is 0 Å². The number of thiazole rings is 1. The molecule has 3 aromatic carbocycles. The Morgan fingerprint density at radius 2 is 1.69 bits per heavy atom.